The molecule has 0 saturated heterocycles. The topological polar surface area (TPSA) is 74.2 Å². The maximum atomic E-state index is 11.7. The van der Waals surface area contributed by atoms with Crippen molar-refractivity contribution in [2.75, 3.05) is 11.9 Å². The third-order valence-corrected chi connectivity index (χ3v) is 3.75. The molecule has 1 atom stereocenters. The Morgan fingerprint density at radius 3 is 3.05 bits per heavy atom. The zero-order valence-corrected chi connectivity index (χ0v) is 12.3. The van der Waals surface area contributed by atoms with Crippen molar-refractivity contribution < 1.29 is 9.90 Å². The summed E-state index contributed by atoms with van der Waals surface area (Å²) >= 11 is 7.30. The van der Waals surface area contributed by atoms with E-state index in [0.717, 1.165) is 11.1 Å². The molecule has 1 unspecified atom stereocenters. The van der Waals surface area contributed by atoms with Crippen molar-refractivity contribution in [1.82, 2.24) is 10.3 Å². The molecule has 0 bridgehead atoms. The first-order valence-electron chi connectivity index (χ1n) is 5.93. The first-order valence-corrected chi connectivity index (χ1v) is 7.25. The van der Waals surface area contributed by atoms with E-state index in [-0.39, 0.29) is 6.54 Å². The number of anilines is 1. The number of pyridine rings is 1. The van der Waals surface area contributed by atoms with Crippen LogP contribution in [0.5, 0.6) is 0 Å². The Morgan fingerprint density at radius 2 is 2.40 bits per heavy atom. The summed E-state index contributed by atoms with van der Waals surface area (Å²) in [6.45, 7) is 1.95. The van der Waals surface area contributed by atoms with E-state index in [9.17, 15) is 9.90 Å². The molecule has 0 aliphatic carbocycles. The predicted molar refractivity (Wildman–Crippen MR) is 80.3 cm³/mol. The number of aromatic nitrogens is 1. The van der Waals surface area contributed by atoms with Gasteiger partial charge in [-0.2, -0.15) is 11.3 Å². The highest BCUT2D eigenvalue weighted by molar-refractivity contribution is 7.07. The van der Waals surface area contributed by atoms with Crippen LogP contribution in [0.25, 0.3) is 0 Å². The van der Waals surface area contributed by atoms with Crippen LogP contribution in [0.3, 0.4) is 0 Å². The van der Waals surface area contributed by atoms with Gasteiger partial charge in [-0.3, -0.25) is 0 Å². The fourth-order valence-electron chi connectivity index (χ4n) is 1.57. The minimum absolute atomic E-state index is 0.141. The molecule has 2 amide bonds. The lowest BCUT2D eigenvalue weighted by molar-refractivity contribution is 0.175. The molecular formula is C13H14ClN3O2S. The van der Waals surface area contributed by atoms with Gasteiger partial charge in [-0.05, 0) is 40.9 Å². The van der Waals surface area contributed by atoms with Crippen LogP contribution in [0.2, 0.25) is 5.15 Å². The lowest BCUT2D eigenvalue weighted by Crippen LogP contribution is -2.32. The Bertz CT molecular complexity index is 589. The normalized spacial score (nSPS) is 11.9. The van der Waals surface area contributed by atoms with Crippen molar-refractivity contribution in [1.29, 1.82) is 0 Å². The summed E-state index contributed by atoms with van der Waals surface area (Å²) in [5.41, 5.74) is 2.12. The van der Waals surface area contributed by atoms with E-state index in [2.05, 4.69) is 15.6 Å². The molecule has 2 aromatic heterocycles. The molecule has 0 saturated carbocycles. The second-order valence-corrected chi connectivity index (χ2v) is 5.38. The van der Waals surface area contributed by atoms with E-state index in [1.54, 1.807) is 13.0 Å². The highest BCUT2D eigenvalue weighted by Gasteiger charge is 2.10. The Morgan fingerprint density at radius 1 is 1.60 bits per heavy atom. The number of aliphatic hydroxyl groups excluding tert-OH is 1. The summed E-state index contributed by atoms with van der Waals surface area (Å²) in [6.07, 6.45) is 0.765. The number of halogens is 1. The van der Waals surface area contributed by atoms with Crippen LogP contribution in [-0.4, -0.2) is 22.7 Å². The summed E-state index contributed by atoms with van der Waals surface area (Å²) in [4.78, 5) is 15.6. The number of carbonyl (C=O) groups excluding carboxylic acids is 1. The standard InChI is InChI=1S/C13H14ClN3O2S/c1-8-4-10(5-15-12(8)14)17-13(19)16-6-11(18)9-2-3-20-7-9/h2-5,7,11,18H,6H2,1H3,(H2,16,17,19). The fraction of sp³-hybridized carbons (Fsp3) is 0.231. The monoisotopic (exact) mass is 311 g/mol. The van der Waals surface area contributed by atoms with Crippen LogP contribution in [0.1, 0.15) is 17.2 Å². The summed E-state index contributed by atoms with van der Waals surface area (Å²) in [5, 5.41) is 19.2. The average molecular weight is 312 g/mol. The third kappa shape index (κ3) is 3.93. The lowest BCUT2D eigenvalue weighted by Gasteiger charge is -2.11. The number of thiophene rings is 1. The highest BCUT2D eigenvalue weighted by atomic mass is 35.5. The Labute approximate surface area is 125 Å². The number of urea groups is 1. The Kier molecular flexibility index (Phi) is 4.94. The molecular weight excluding hydrogens is 298 g/mol. The maximum absolute atomic E-state index is 11.7. The fourth-order valence-corrected chi connectivity index (χ4v) is 2.38. The van der Waals surface area contributed by atoms with Crippen molar-refractivity contribution in [2.45, 2.75) is 13.0 Å². The van der Waals surface area contributed by atoms with Crippen LogP contribution in [-0.2, 0) is 0 Å². The van der Waals surface area contributed by atoms with Gasteiger partial charge < -0.3 is 15.7 Å². The Balaban J connectivity index is 1.85. The van der Waals surface area contributed by atoms with Gasteiger partial charge >= 0.3 is 6.03 Å². The van der Waals surface area contributed by atoms with Crippen LogP contribution < -0.4 is 10.6 Å². The van der Waals surface area contributed by atoms with Gasteiger partial charge in [0.2, 0.25) is 0 Å². The number of carbonyl (C=O) groups is 1. The zero-order chi connectivity index (χ0) is 14.5. The van der Waals surface area contributed by atoms with Crippen molar-refractivity contribution in [3.8, 4) is 0 Å². The summed E-state index contributed by atoms with van der Waals surface area (Å²) in [6, 6.07) is 3.15. The SMILES string of the molecule is Cc1cc(NC(=O)NCC(O)c2ccsc2)cnc1Cl. The second kappa shape index (κ2) is 6.69. The Hall–Kier alpha value is -1.63. The molecule has 106 valence electrons. The van der Waals surface area contributed by atoms with Crippen LogP contribution in [0, 0.1) is 6.92 Å². The van der Waals surface area contributed by atoms with Gasteiger partial charge in [-0.1, -0.05) is 11.6 Å². The molecule has 0 aromatic carbocycles. The minimum atomic E-state index is -0.711. The lowest BCUT2D eigenvalue weighted by atomic mass is 10.2. The second-order valence-electron chi connectivity index (χ2n) is 4.24. The molecule has 0 aliphatic heterocycles. The number of nitrogens with one attached hydrogen (secondary N) is 2. The number of hydrogen-bond donors (Lipinski definition) is 3. The van der Waals surface area contributed by atoms with Crippen molar-refractivity contribution in [2.24, 2.45) is 0 Å². The van der Waals surface area contributed by atoms with Crippen molar-refractivity contribution in [3.05, 3.63) is 45.4 Å². The van der Waals surface area contributed by atoms with E-state index in [4.69, 9.17) is 11.6 Å². The van der Waals surface area contributed by atoms with Gasteiger partial charge in [0.25, 0.3) is 0 Å². The van der Waals surface area contributed by atoms with Gasteiger partial charge in [-0.25, -0.2) is 9.78 Å². The first-order chi connectivity index (χ1) is 9.56. The predicted octanol–water partition coefficient (Wildman–Crippen LogP) is 2.96. The van der Waals surface area contributed by atoms with E-state index >= 15 is 0 Å². The van der Waals surface area contributed by atoms with Crippen LogP contribution in [0.4, 0.5) is 10.5 Å². The number of aryl methyl sites for hydroxylation is 1. The summed E-state index contributed by atoms with van der Waals surface area (Å²) in [7, 11) is 0. The van der Waals surface area contributed by atoms with Crippen molar-refractivity contribution >= 4 is 34.7 Å². The number of hydrogen-bond acceptors (Lipinski definition) is 4. The number of amides is 2. The third-order valence-electron chi connectivity index (χ3n) is 2.66. The molecule has 0 spiro atoms. The molecule has 5 nitrogen and oxygen atoms in total. The molecule has 2 rings (SSSR count). The first kappa shape index (κ1) is 14.8. The van der Waals surface area contributed by atoms with Crippen LogP contribution in [0.15, 0.2) is 29.1 Å². The van der Waals surface area contributed by atoms with E-state index < -0.39 is 12.1 Å². The molecule has 3 N–H and O–H groups in total. The van der Waals surface area contributed by atoms with Gasteiger partial charge in [0, 0.05) is 6.54 Å². The van der Waals surface area contributed by atoms with Crippen LogP contribution >= 0.6 is 22.9 Å². The van der Waals surface area contributed by atoms with Crippen molar-refractivity contribution in [3.63, 3.8) is 0 Å². The van der Waals surface area contributed by atoms with Gasteiger partial charge in [0.15, 0.2) is 0 Å². The smallest absolute Gasteiger partial charge is 0.319 e. The maximum Gasteiger partial charge on any atom is 0.319 e. The molecule has 2 aromatic rings. The number of nitrogens with zero attached hydrogens (tertiary/aromatic N) is 1. The largest absolute Gasteiger partial charge is 0.387 e. The minimum Gasteiger partial charge on any atom is -0.387 e. The average Bonchev–Trinajstić information content (AvgIpc) is 2.94. The van der Waals surface area contributed by atoms with E-state index in [0.29, 0.717) is 10.8 Å². The molecule has 2 heterocycles. The number of aliphatic hydroxyl groups is 1. The number of rotatable bonds is 4. The van der Waals surface area contributed by atoms with Gasteiger partial charge in [-0.15, -0.1) is 0 Å². The van der Waals surface area contributed by atoms with E-state index in [1.165, 1.54) is 17.5 Å². The van der Waals surface area contributed by atoms with Gasteiger partial charge in [0.1, 0.15) is 5.15 Å². The van der Waals surface area contributed by atoms with E-state index in [1.807, 2.05) is 16.8 Å². The highest BCUT2D eigenvalue weighted by Crippen LogP contribution is 2.17. The summed E-state index contributed by atoms with van der Waals surface area (Å²) in [5.74, 6) is 0. The molecule has 7 heteroatoms. The van der Waals surface area contributed by atoms with Gasteiger partial charge in [0.05, 0.1) is 18.0 Å². The quantitative estimate of drug-likeness (QED) is 0.760. The molecule has 0 radical (unpaired) electrons. The zero-order valence-electron chi connectivity index (χ0n) is 10.8. The summed E-state index contributed by atoms with van der Waals surface area (Å²) < 4.78 is 0. The molecule has 20 heavy (non-hydrogen) atoms. The molecule has 0 aliphatic rings. The molecule has 0 fully saturated rings.